The van der Waals surface area contributed by atoms with Crippen molar-refractivity contribution in [2.45, 2.75) is 51.4 Å². The molecule has 1 saturated carbocycles. The van der Waals surface area contributed by atoms with E-state index in [-0.39, 0.29) is 12.3 Å². The summed E-state index contributed by atoms with van der Waals surface area (Å²) in [7, 11) is 1.63. The highest BCUT2D eigenvalue weighted by molar-refractivity contribution is 5.77. The van der Waals surface area contributed by atoms with E-state index >= 15 is 0 Å². The van der Waals surface area contributed by atoms with Crippen molar-refractivity contribution in [1.82, 2.24) is 4.90 Å². The number of aliphatic carboxylic acids is 1. The van der Waals surface area contributed by atoms with Crippen molar-refractivity contribution in [2.75, 3.05) is 26.8 Å². The van der Waals surface area contributed by atoms with Gasteiger partial charge < -0.3 is 14.7 Å². The predicted octanol–water partition coefficient (Wildman–Crippen LogP) is 2.30. The number of methoxy groups -OCH3 is 1. The maximum Gasteiger partial charge on any atom is 0.305 e. The van der Waals surface area contributed by atoms with E-state index < -0.39 is 5.97 Å². The molecule has 1 rings (SSSR count). The first-order valence-electron chi connectivity index (χ1n) is 7.62. The molecule has 0 aromatic carbocycles. The van der Waals surface area contributed by atoms with Gasteiger partial charge in [-0.3, -0.25) is 9.59 Å². The fourth-order valence-corrected chi connectivity index (χ4v) is 2.76. The van der Waals surface area contributed by atoms with Crippen molar-refractivity contribution in [1.29, 1.82) is 0 Å². The molecule has 1 amide bonds. The minimum atomic E-state index is -0.854. The Morgan fingerprint density at radius 3 is 2.50 bits per heavy atom. The van der Waals surface area contributed by atoms with E-state index in [1.54, 1.807) is 12.0 Å². The Hall–Kier alpha value is -1.10. The van der Waals surface area contributed by atoms with E-state index in [4.69, 9.17) is 9.84 Å². The number of nitrogens with zero attached hydrogens (tertiary/aromatic N) is 1. The fourth-order valence-electron chi connectivity index (χ4n) is 2.76. The van der Waals surface area contributed by atoms with Gasteiger partial charge in [0.25, 0.3) is 0 Å². The lowest BCUT2D eigenvalue weighted by atomic mass is 9.86. The Bertz CT molecular complexity index is 300. The minimum absolute atomic E-state index is 0.0173. The summed E-state index contributed by atoms with van der Waals surface area (Å²) >= 11 is 0. The molecule has 1 aliphatic carbocycles. The van der Waals surface area contributed by atoms with Gasteiger partial charge in [-0.05, 0) is 25.2 Å². The lowest BCUT2D eigenvalue weighted by Gasteiger charge is -2.26. The molecule has 5 nitrogen and oxygen atoms in total. The van der Waals surface area contributed by atoms with Gasteiger partial charge >= 0.3 is 5.97 Å². The number of amides is 1. The number of carboxylic acids is 1. The fraction of sp³-hybridized carbons (Fsp3) is 0.867. The van der Waals surface area contributed by atoms with Crippen LogP contribution in [0.1, 0.15) is 51.4 Å². The molecule has 20 heavy (non-hydrogen) atoms. The van der Waals surface area contributed by atoms with Crippen LogP contribution in [-0.4, -0.2) is 48.7 Å². The highest BCUT2D eigenvalue weighted by Crippen LogP contribution is 2.26. The van der Waals surface area contributed by atoms with Crippen LogP contribution in [0.4, 0.5) is 0 Å². The molecule has 1 aliphatic rings. The first kappa shape index (κ1) is 17.0. The zero-order valence-electron chi connectivity index (χ0n) is 12.5. The van der Waals surface area contributed by atoms with Crippen molar-refractivity contribution < 1.29 is 19.4 Å². The molecule has 0 aliphatic heterocycles. The number of ether oxygens (including phenoxy) is 1. The number of carboxylic acid groups (broad SMARTS) is 1. The van der Waals surface area contributed by atoms with Gasteiger partial charge in [-0.15, -0.1) is 0 Å². The van der Waals surface area contributed by atoms with Crippen molar-refractivity contribution in [2.24, 2.45) is 5.92 Å². The van der Waals surface area contributed by atoms with Crippen LogP contribution in [0, 0.1) is 5.92 Å². The minimum Gasteiger partial charge on any atom is -0.481 e. The number of carbonyl (C=O) groups is 2. The van der Waals surface area contributed by atoms with Gasteiger partial charge in [0, 0.05) is 33.2 Å². The smallest absolute Gasteiger partial charge is 0.305 e. The molecular formula is C15H27NO4. The normalized spacial score (nSPS) is 16.1. The summed E-state index contributed by atoms with van der Waals surface area (Å²) in [5.41, 5.74) is 0. The number of rotatable bonds is 9. The Morgan fingerprint density at radius 2 is 1.90 bits per heavy atom. The summed E-state index contributed by atoms with van der Waals surface area (Å²) in [5, 5.41) is 8.77. The molecule has 0 aromatic rings. The third kappa shape index (κ3) is 6.89. The zero-order chi connectivity index (χ0) is 14.8. The molecule has 0 aromatic heterocycles. The van der Waals surface area contributed by atoms with E-state index in [1.807, 2.05) is 0 Å². The predicted molar refractivity (Wildman–Crippen MR) is 76.5 cm³/mol. The Balaban J connectivity index is 2.41. The van der Waals surface area contributed by atoms with E-state index in [0.717, 1.165) is 19.3 Å². The van der Waals surface area contributed by atoms with Crippen LogP contribution in [-0.2, 0) is 14.3 Å². The molecule has 0 atom stereocenters. The van der Waals surface area contributed by atoms with Gasteiger partial charge in [0.15, 0.2) is 0 Å². The molecule has 0 spiro atoms. The molecule has 5 heteroatoms. The summed E-state index contributed by atoms with van der Waals surface area (Å²) in [5.74, 6) is -0.257. The Kier molecular flexibility index (Phi) is 8.26. The van der Waals surface area contributed by atoms with Gasteiger partial charge in [0.2, 0.25) is 5.91 Å². The van der Waals surface area contributed by atoms with Gasteiger partial charge in [0.1, 0.15) is 0 Å². The summed E-state index contributed by atoms with van der Waals surface area (Å²) in [6, 6.07) is 0. The van der Waals surface area contributed by atoms with Crippen LogP contribution < -0.4 is 0 Å². The van der Waals surface area contributed by atoms with Crippen molar-refractivity contribution >= 4 is 11.9 Å². The third-order valence-corrected chi connectivity index (χ3v) is 3.91. The number of hydrogen-bond acceptors (Lipinski definition) is 3. The average Bonchev–Trinajstić information content (AvgIpc) is 2.43. The summed E-state index contributed by atoms with van der Waals surface area (Å²) in [6.07, 6.45) is 7.34. The van der Waals surface area contributed by atoms with Crippen molar-refractivity contribution in [3.63, 3.8) is 0 Å². The molecule has 1 N–H and O–H groups in total. The van der Waals surface area contributed by atoms with Gasteiger partial charge in [0.05, 0.1) is 6.42 Å². The second-order valence-corrected chi connectivity index (χ2v) is 5.58. The molecular weight excluding hydrogens is 258 g/mol. The number of hydrogen-bond donors (Lipinski definition) is 1. The average molecular weight is 285 g/mol. The van der Waals surface area contributed by atoms with Crippen molar-refractivity contribution in [3.8, 4) is 0 Å². The molecule has 0 saturated heterocycles. The SMILES string of the molecule is COCCCN(CCC(=O)O)C(=O)CC1CCCCC1. The van der Waals surface area contributed by atoms with E-state index in [0.29, 0.717) is 32.0 Å². The van der Waals surface area contributed by atoms with Crippen LogP contribution in [0.25, 0.3) is 0 Å². The van der Waals surface area contributed by atoms with Gasteiger partial charge in [-0.2, -0.15) is 0 Å². The molecule has 0 radical (unpaired) electrons. The molecule has 0 unspecified atom stereocenters. The van der Waals surface area contributed by atoms with Crippen LogP contribution in [0.15, 0.2) is 0 Å². The third-order valence-electron chi connectivity index (χ3n) is 3.91. The van der Waals surface area contributed by atoms with Crippen LogP contribution in [0.3, 0.4) is 0 Å². The van der Waals surface area contributed by atoms with E-state index in [2.05, 4.69) is 0 Å². The maximum absolute atomic E-state index is 12.3. The van der Waals surface area contributed by atoms with Crippen LogP contribution in [0.2, 0.25) is 0 Å². The van der Waals surface area contributed by atoms with E-state index in [9.17, 15) is 9.59 Å². The molecule has 1 fully saturated rings. The van der Waals surface area contributed by atoms with Crippen LogP contribution >= 0.6 is 0 Å². The van der Waals surface area contributed by atoms with Crippen molar-refractivity contribution in [3.05, 3.63) is 0 Å². The largest absolute Gasteiger partial charge is 0.481 e. The second-order valence-electron chi connectivity index (χ2n) is 5.58. The Morgan fingerprint density at radius 1 is 1.20 bits per heavy atom. The summed E-state index contributed by atoms with van der Waals surface area (Å²) in [4.78, 5) is 24.7. The first-order chi connectivity index (χ1) is 9.63. The van der Waals surface area contributed by atoms with Gasteiger partial charge in [-0.1, -0.05) is 19.3 Å². The quantitative estimate of drug-likeness (QED) is 0.660. The summed E-state index contributed by atoms with van der Waals surface area (Å²) < 4.78 is 4.99. The summed E-state index contributed by atoms with van der Waals surface area (Å²) in [6.45, 7) is 1.50. The second kappa shape index (κ2) is 9.75. The van der Waals surface area contributed by atoms with Crippen LogP contribution in [0.5, 0.6) is 0 Å². The van der Waals surface area contributed by atoms with Gasteiger partial charge in [-0.25, -0.2) is 0 Å². The topological polar surface area (TPSA) is 66.8 Å². The molecule has 0 bridgehead atoms. The number of carbonyl (C=O) groups excluding carboxylic acids is 1. The monoisotopic (exact) mass is 285 g/mol. The lowest BCUT2D eigenvalue weighted by Crippen LogP contribution is -2.35. The molecule has 0 heterocycles. The highest BCUT2D eigenvalue weighted by Gasteiger charge is 2.21. The maximum atomic E-state index is 12.3. The standard InChI is InChI=1S/C15H27NO4/c1-20-11-5-9-16(10-8-15(18)19)14(17)12-13-6-3-2-4-7-13/h13H,2-12H2,1H3,(H,18,19). The Labute approximate surface area is 121 Å². The highest BCUT2D eigenvalue weighted by atomic mass is 16.5. The zero-order valence-corrected chi connectivity index (χ0v) is 12.5. The first-order valence-corrected chi connectivity index (χ1v) is 7.62. The molecule has 116 valence electrons. The lowest BCUT2D eigenvalue weighted by molar-refractivity contribution is -0.138. The van der Waals surface area contributed by atoms with E-state index in [1.165, 1.54) is 19.3 Å².